The largest absolute Gasteiger partial charge is 0.496 e. The molecule has 1 aromatic carbocycles. The first-order valence-corrected chi connectivity index (χ1v) is 6.21. The van der Waals surface area contributed by atoms with Gasteiger partial charge in [0.05, 0.1) is 30.7 Å². The van der Waals surface area contributed by atoms with Crippen LogP contribution in [-0.4, -0.2) is 36.4 Å². The fourth-order valence-corrected chi connectivity index (χ4v) is 2.06. The Balaban J connectivity index is 3.20. The zero-order chi connectivity index (χ0) is 13.0. The van der Waals surface area contributed by atoms with Gasteiger partial charge in [0.15, 0.2) is 0 Å². The molecule has 0 radical (unpaired) electrons. The average Bonchev–Trinajstić information content (AvgIpc) is 2.36. The van der Waals surface area contributed by atoms with Crippen LogP contribution in [-0.2, 0) is 0 Å². The van der Waals surface area contributed by atoms with Crippen molar-refractivity contribution in [1.29, 1.82) is 0 Å². The molecule has 2 N–H and O–H groups in total. The van der Waals surface area contributed by atoms with Gasteiger partial charge in [0.2, 0.25) is 0 Å². The van der Waals surface area contributed by atoms with Crippen LogP contribution in [0.4, 0.5) is 0 Å². The lowest BCUT2D eigenvalue weighted by molar-refractivity contribution is 0.0311. The van der Waals surface area contributed by atoms with Gasteiger partial charge in [0.1, 0.15) is 17.6 Å². The fourth-order valence-electron chi connectivity index (χ4n) is 1.41. The van der Waals surface area contributed by atoms with Crippen LogP contribution in [0.3, 0.4) is 0 Å². The van der Waals surface area contributed by atoms with Crippen molar-refractivity contribution < 1.29 is 19.7 Å². The van der Waals surface area contributed by atoms with E-state index in [0.29, 0.717) is 21.5 Å². The van der Waals surface area contributed by atoms with E-state index in [1.54, 1.807) is 12.1 Å². The van der Waals surface area contributed by atoms with Crippen molar-refractivity contribution in [2.45, 2.75) is 12.2 Å². The molecular weight excluding hydrogens is 311 g/mol. The molecule has 1 aromatic rings. The quantitative estimate of drug-likeness (QED) is 0.814. The predicted octanol–water partition coefficient (Wildman–Crippen LogP) is 2.10. The molecule has 96 valence electrons. The molecule has 17 heavy (non-hydrogen) atoms. The monoisotopic (exact) mass is 324 g/mol. The summed E-state index contributed by atoms with van der Waals surface area (Å²) in [5, 5.41) is 19.5. The highest BCUT2D eigenvalue weighted by Crippen LogP contribution is 2.36. The van der Waals surface area contributed by atoms with Gasteiger partial charge in [0.25, 0.3) is 0 Å². The van der Waals surface area contributed by atoms with Gasteiger partial charge in [-0.05, 0) is 28.1 Å². The zero-order valence-electron chi connectivity index (χ0n) is 9.48. The van der Waals surface area contributed by atoms with Crippen molar-refractivity contribution in [3.05, 3.63) is 22.2 Å². The maximum absolute atomic E-state index is 9.93. The molecule has 6 heteroatoms. The van der Waals surface area contributed by atoms with Crippen molar-refractivity contribution in [3.63, 3.8) is 0 Å². The first-order valence-electron chi connectivity index (χ1n) is 4.88. The van der Waals surface area contributed by atoms with E-state index in [2.05, 4.69) is 15.9 Å². The van der Waals surface area contributed by atoms with Gasteiger partial charge < -0.3 is 19.7 Å². The standard InChI is InChI=1S/C11H14BrClO4/c1-16-9-4-7(12)10(17-2)3-6(9)11(15)8(14)5-13/h3-4,8,11,14-15H,5H2,1-2H3. The second-order valence-electron chi connectivity index (χ2n) is 3.40. The molecule has 0 spiro atoms. The number of ether oxygens (including phenoxy) is 2. The molecule has 2 unspecified atom stereocenters. The lowest BCUT2D eigenvalue weighted by Gasteiger charge is -2.19. The number of alkyl halides is 1. The zero-order valence-corrected chi connectivity index (χ0v) is 11.8. The van der Waals surface area contributed by atoms with Crippen LogP contribution >= 0.6 is 27.5 Å². The van der Waals surface area contributed by atoms with E-state index < -0.39 is 12.2 Å². The minimum Gasteiger partial charge on any atom is -0.496 e. The summed E-state index contributed by atoms with van der Waals surface area (Å²) >= 11 is 8.82. The number of benzene rings is 1. The highest BCUT2D eigenvalue weighted by molar-refractivity contribution is 9.10. The second kappa shape index (κ2) is 6.44. The summed E-state index contributed by atoms with van der Waals surface area (Å²) in [6, 6.07) is 3.27. The molecule has 0 aliphatic heterocycles. The van der Waals surface area contributed by atoms with E-state index in [1.807, 2.05) is 0 Å². The highest BCUT2D eigenvalue weighted by Gasteiger charge is 2.22. The normalized spacial score (nSPS) is 14.2. The molecule has 0 fully saturated rings. The number of methoxy groups -OCH3 is 2. The molecule has 0 heterocycles. The van der Waals surface area contributed by atoms with Crippen molar-refractivity contribution in [2.24, 2.45) is 0 Å². The number of halogens is 2. The van der Waals surface area contributed by atoms with Crippen molar-refractivity contribution in [3.8, 4) is 11.5 Å². The summed E-state index contributed by atoms with van der Waals surface area (Å²) in [6.07, 6.45) is -2.18. The molecule has 0 aliphatic carbocycles. The van der Waals surface area contributed by atoms with Crippen LogP contribution in [0.1, 0.15) is 11.7 Å². The van der Waals surface area contributed by atoms with Gasteiger partial charge in [0, 0.05) is 5.56 Å². The van der Waals surface area contributed by atoms with Crippen LogP contribution in [0.15, 0.2) is 16.6 Å². The number of aliphatic hydroxyl groups excluding tert-OH is 2. The molecular formula is C11H14BrClO4. The molecule has 2 atom stereocenters. The van der Waals surface area contributed by atoms with E-state index in [4.69, 9.17) is 21.1 Å². The van der Waals surface area contributed by atoms with Crippen molar-refractivity contribution >= 4 is 27.5 Å². The highest BCUT2D eigenvalue weighted by atomic mass is 79.9. The maximum Gasteiger partial charge on any atom is 0.133 e. The average molecular weight is 326 g/mol. The van der Waals surface area contributed by atoms with Crippen LogP contribution in [0.5, 0.6) is 11.5 Å². The summed E-state index contributed by atoms with van der Waals surface area (Å²) in [5.74, 6) is 0.929. The van der Waals surface area contributed by atoms with E-state index in [9.17, 15) is 10.2 Å². The van der Waals surface area contributed by atoms with E-state index in [-0.39, 0.29) is 5.88 Å². The molecule has 4 nitrogen and oxygen atoms in total. The van der Waals surface area contributed by atoms with Crippen LogP contribution < -0.4 is 9.47 Å². The Labute approximate surface area is 113 Å². The first-order chi connectivity index (χ1) is 8.04. The van der Waals surface area contributed by atoms with Gasteiger partial charge in [-0.2, -0.15) is 0 Å². The predicted molar refractivity (Wildman–Crippen MR) is 68.9 cm³/mol. The van der Waals surface area contributed by atoms with E-state index in [1.165, 1.54) is 14.2 Å². The summed E-state index contributed by atoms with van der Waals surface area (Å²) in [4.78, 5) is 0. The Hall–Kier alpha value is -0.490. The Morgan fingerprint density at radius 2 is 1.82 bits per heavy atom. The summed E-state index contributed by atoms with van der Waals surface area (Å²) in [5.41, 5.74) is 0.431. The Morgan fingerprint density at radius 3 is 2.29 bits per heavy atom. The molecule has 0 aromatic heterocycles. The topological polar surface area (TPSA) is 58.9 Å². The van der Waals surface area contributed by atoms with Gasteiger partial charge in [-0.3, -0.25) is 0 Å². The summed E-state index contributed by atoms with van der Waals surface area (Å²) < 4.78 is 11.0. The van der Waals surface area contributed by atoms with Gasteiger partial charge >= 0.3 is 0 Å². The van der Waals surface area contributed by atoms with Crippen LogP contribution in [0.25, 0.3) is 0 Å². The van der Waals surface area contributed by atoms with Crippen molar-refractivity contribution in [2.75, 3.05) is 20.1 Å². The maximum atomic E-state index is 9.93. The lowest BCUT2D eigenvalue weighted by Crippen LogP contribution is -2.20. The van der Waals surface area contributed by atoms with Gasteiger partial charge in [-0.25, -0.2) is 0 Å². The van der Waals surface area contributed by atoms with Crippen LogP contribution in [0.2, 0.25) is 0 Å². The first kappa shape index (κ1) is 14.6. The number of rotatable bonds is 5. The number of hydrogen-bond acceptors (Lipinski definition) is 4. The molecule has 0 bridgehead atoms. The third kappa shape index (κ3) is 3.25. The third-order valence-electron chi connectivity index (χ3n) is 2.35. The molecule has 0 aliphatic rings. The molecule has 0 saturated carbocycles. The van der Waals surface area contributed by atoms with Crippen LogP contribution in [0, 0.1) is 0 Å². The Kier molecular flexibility index (Phi) is 5.52. The molecule has 0 amide bonds. The number of aliphatic hydroxyl groups is 2. The number of hydrogen-bond donors (Lipinski definition) is 2. The van der Waals surface area contributed by atoms with E-state index >= 15 is 0 Å². The third-order valence-corrected chi connectivity index (χ3v) is 3.28. The minimum absolute atomic E-state index is 0.0668. The SMILES string of the molecule is COc1cc(C(O)C(O)CCl)c(OC)cc1Br. The van der Waals surface area contributed by atoms with E-state index in [0.717, 1.165) is 0 Å². The van der Waals surface area contributed by atoms with Gasteiger partial charge in [-0.15, -0.1) is 11.6 Å². The lowest BCUT2D eigenvalue weighted by atomic mass is 10.0. The second-order valence-corrected chi connectivity index (χ2v) is 4.56. The van der Waals surface area contributed by atoms with Crippen molar-refractivity contribution in [1.82, 2.24) is 0 Å². The Bertz CT molecular complexity index is 386. The van der Waals surface area contributed by atoms with Gasteiger partial charge in [-0.1, -0.05) is 0 Å². The smallest absolute Gasteiger partial charge is 0.133 e. The minimum atomic E-state index is -1.12. The molecule has 1 rings (SSSR count). The Morgan fingerprint density at radius 1 is 1.24 bits per heavy atom. The summed E-state index contributed by atoms with van der Waals surface area (Å²) in [6.45, 7) is 0. The summed E-state index contributed by atoms with van der Waals surface area (Å²) in [7, 11) is 3.00. The fraction of sp³-hybridized carbons (Fsp3) is 0.455. The molecule has 0 saturated heterocycles.